The molecule has 0 spiro atoms. The summed E-state index contributed by atoms with van der Waals surface area (Å²) in [5, 5.41) is 6.65. The molecule has 28 heavy (non-hydrogen) atoms. The standard InChI is InChI=1S/C21H21N3O4/c1-15(21(26)22-14-16-8-4-2-5-9-16)27-19(25)13-12-18-23-20(24-28-18)17-10-6-3-7-11-17/h2-11,15H,12-14H2,1H3,(H,22,26). The van der Waals surface area contributed by atoms with Gasteiger partial charge in [-0.25, -0.2) is 0 Å². The van der Waals surface area contributed by atoms with Crippen LogP contribution in [0.4, 0.5) is 0 Å². The summed E-state index contributed by atoms with van der Waals surface area (Å²) in [6.45, 7) is 1.92. The fourth-order valence-corrected chi connectivity index (χ4v) is 2.51. The largest absolute Gasteiger partial charge is 0.453 e. The maximum atomic E-state index is 12.1. The first-order valence-corrected chi connectivity index (χ1v) is 9.01. The quantitative estimate of drug-likeness (QED) is 0.605. The highest BCUT2D eigenvalue weighted by atomic mass is 16.5. The first-order valence-electron chi connectivity index (χ1n) is 9.01. The van der Waals surface area contributed by atoms with Crippen molar-refractivity contribution < 1.29 is 18.8 Å². The van der Waals surface area contributed by atoms with Crippen LogP contribution in [-0.4, -0.2) is 28.1 Å². The number of carbonyl (C=O) groups excluding carboxylic acids is 2. The molecular formula is C21H21N3O4. The fraction of sp³-hybridized carbons (Fsp3) is 0.238. The van der Waals surface area contributed by atoms with E-state index in [9.17, 15) is 9.59 Å². The Bertz CT molecular complexity index is 910. The molecule has 2 aromatic carbocycles. The number of aromatic nitrogens is 2. The van der Waals surface area contributed by atoms with Crippen molar-refractivity contribution >= 4 is 11.9 Å². The summed E-state index contributed by atoms with van der Waals surface area (Å²) < 4.78 is 10.3. The Labute approximate surface area is 162 Å². The molecular weight excluding hydrogens is 358 g/mol. The molecule has 1 unspecified atom stereocenters. The molecule has 0 fully saturated rings. The molecule has 7 nitrogen and oxygen atoms in total. The van der Waals surface area contributed by atoms with Gasteiger partial charge in [-0.05, 0) is 12.5 Å². The number of nitrogens with one attached hydrogen (secondary N) is 1. The fourth-order valence-electron chi connectivity index (χ4n) is 2.51. The summed E-state index contributed by atoms with van der Waals surface area (Å²) in [7, 11) is 0. The van der Waals surface area contributed by atoms with E-state index >= 15 is 0 Å². The van der Waals surface area contributed by atoms with Crippen LogP contribution in [0, 0.1) is 0 Å². The van der Waals surface area contributed by atoms with Gasteiger partial charge in [-0.2, -0.15) is 4.98 Å². The lowest BCUT2D eigenvalue weighted by molar-refractivity contribution is -0.154. The van der Waals surface area contributed by atoms with Gasteiger partial charge in [0.2, 0.25) is 11.7 Å². The first-order chi connectivity index (χ1) is 13.6. The van der Waals surface area contributed by atoms with E-state index in [0.29, 0.717) is 18.3 Å². The third kappa shape index (κ3) is 5.51. The molecule has 1 amide bonds. The van der Waals surface area contributed by atoms with Gasteiger partial charge < -0.3 is 14.6 Å². The van der Waals surface area contributed by atoms with Crippen molar-refractivity contribution in [3.8, 4) is 11.4 Å². The van der Waals surface area contributed by atoms with Crippen LogP contribution in [0.1, 0.15) is 24.8 Å². The number of aryl methyl sites for hydroxylation is 1. The van der Waals surface area contributed by atoms with Gasteiger partial charge in [0.15, 0.2) is 6.10 Å². The minimum absolute atomic E-state index is 0.0483. The number of rotatable bonds is 8. The Kier molecular flexibility index (Phi) is 6.51. The Hall–Kier alpha value is -3.48. The van der Waals surface area contributed by atoms with Crippen molar-refractivity contribution in [2.75, 3.05) is 0 Å². The van der Waals surface area contributed by atoms with Crippen molar-refractivity contribution in [3.63, 3.8) is 0 Å². The molecule has 1 N–H and O–H groups in total. The molecule has 0 saturated carbocycles. The van der Waals surface area contributed by atoms with Crippen molar-refractivity contribution in [2.45, 2.75) is 32.4 Å². The lowest BCUT2D eigenvalue weighted by Crippen LogP contribution is -2.35. The summed E-state index contributed by atoms with van der Waals surface area (Å²) in [5.41, 5.74) is 1.81. The Morgan fingerprint density at radius 2 is 1.75 bits per heavy atom. The van der Waals surface area contributed by atoms with Crippen LogP contribution in [0.3, 0.4) is 0 Å². The molecule has 3 rings (SSSR count). The normalized spacial score (nSPS) is 11.6. The van der Waals surface area contributed by atoms with E-state index < -0.39 is 12.1 Å². The van der Waals surface area contributed by atoms with E-state index in [1.807, 2.05) is 60.7 Å². The zero-order valence-electron chi connectivity index (χ0n) is 15.5. The Balaban J connectivity index is 1.42. The summed E-state index contributed by atoms with van der Waals surface area (Å²) >= 11 is 0. The van der Waals surface area contributed by atoms with Gasteiger partial charge in [0.1, 0.15) is 0 Å². The van der Waals surface area contributed by atoms with Crippen LogP contribution >= 0.6 is 0 Å². The molecule has 0 aliphatic carbocycles. The Morgan fingerprint density at radius 1 is 1.07 bits per heavy atom. The van der Waals surface area contributed by atoms with E-state index in [1.165, 1.54) is 0 Å². The van der Waals surface area contributed by atoms with Crippen LogP contribution in [0.5, 0.6) is 0 Å². The first kappa shape index (κ1) is 19.3. The van der Waals surface area contributed by atoms with Gasteiger partial charge in [-0.15, -0.1) is 0 Å². The molecule has 3 aromatic rings. The van der Waals surface area contributed by atoms with Crippen LogP contribution < -0.4 is 5.32 Å². The van der Waals surface area contributed by atoms with Crippen LogP contribution in [0.15, 0.2) is 65.2 Å². The second kappa shape index (κ2) is 9.45. The summed E-state index contributed by atoms with van der Waals surface area (Å²) in [5.74, 6) is -0.0298. The second-order valence-electron chi connectivity index (χ2n) is 6.21. The molecule has 1 atom stereocenters. The zero-order chi connectivity index (χ0) is 19.8. The average molecular weight is 379 g/mol. The number of hydrogen-bond acceptors (Lipinski definition) is 6. The van der Waals surface area contributed by atoms with E-state index in [4.69, 9.17) is 9.26 Å². The molecule has 0 aliphatic heterocycles. The highest BCUT2D eigenvalue weighted by Gasteiger charge is 2.18. The van der Waals surface area contributed by atoms with Gasteiger partial charge >= 0.3 is 5.97 Å². The van der Waals surface area contributed by atoms with Crippen LogP contribution in [0.2, 0.25) is 0 Å². The van der Waals surface area contributed by atoms with Gasteiger partial charge in [0.05, 0.1) is 6.42 Å². The number of benzene rings is 2. The molecule has 144 valence electrons. The third-order valence-corrected chi connectivity index (χ3v) is 4.03. The molecule has 1 heterocycles. The predicted octanol–water partition coefficient (Wildman–Crippen LogP) is 2.92. The zero-order valence-corrected chi connectivity index (χ0v) is 15.5. The summed E-state index contributed by atoms with van der Waals surface area (Å²) in [6.07, 6.45) is -0.581. The Morgan fingerprint density at radius 3 is 2.46 bits per heavy atom. The highest BCUT2D eigenvalue weighted by Crippen LogP contribution is 2.15. The maximum Gasteiger partial charge on any atom is 0.307 e. The summed E-state index contributed by atoms with van der Waals surface area (Å²) in [4.78, 5) is 28.3. The lowest BCUT2D eigenvalue weighted by Gasteiger charge is -2.13. The highest BCUT2D eigenvalue weighted by molar-refractivity contribution is 5.83. The molecule has 1 aromatic heterocycles. The smallest absolute Gasteiger partial charge is 0.307 e. The maximum absolute atomic E-state index is 12.1. The molecule has 0 bridgehead atoms. The SMILES string of the molecule is CC(OC(=O)CCc1nc(-c2ccccc2)no1)C(=O)NCc1ccccc1. The topological polar surface area (TPSA) is 94.3 Å². The van der Waals surface area contributed by atoms with E-state index in [0.717, 1.165) is 11.1 Å². The van der Waals surface area contributed by atoms with Crippen molar-refractivity contribution in [1.82, 2.24) is 15.5 Å². The number of ether oxygens (including phenoxy) is 1. The van der Waals surface area contributed by atoms with Gasteiger partial charge in [-0.3, -0.25) is 9.59 Å². The van der Waals surface area contributed by atoms with Crippen LogP contribution in [0.25, 0.3) is 11.4 Å². The van der Waals surface area contributed by atoms with Crippen molar-refractivity contribution in [1.29, 1.82) is 0 Å². The monoisotopic (exact) mass is 379 g/mol. The van der Waals surface area contributed by atoms with Crippen molar-refractivity contribution in [2.24, 2.45) is 0 Å². The minimum Gasteiger partial charge on any atom is -0.453 e. The second-order valence-corrected chi connectivity index (χ2v) is 6.21. The number of nitrogens with zero attached hydrogens (tertiary/aromatic N) is 2. The number of carbonyl (C=O) groups is 2. The average Bonchev–Trinajstić information content (AvgIpc) is 3.21. The lowest BCUT2D eigenvalue weighted by atomic mass is 10.2. The van der Waals surface area contributed by atoms with E-state index in [1.54, 1.807) is 6.92 Å². The van der Waals surface area contributed by atoms with Crippen LogP contribution in [-0.2, 0) is 27.3 Å². The van der Waals surface area contributed by atoms with Crippen molar-refractivity contribution in [3.05, 3.63) is 72.1 Å². The van der Waals surface area contributed by atoms with E-state index in [-0.39, 0.29) is 18.7 Å². The molecule has 0 radical (unpaired) electrons. The number of hydrogen-bond donors (Lipinski definition) is 1. The third-order valence-electron chi connectivity index (χ3n) is 4.03. The predicted molar refractivity (Wildman–Crippen MR) is 102 cm³/mol. The minimum atomic E-state index is -0.876. The van der Waals surface area contributed by atoms with Gasteiger partial charge in [-0.1, -0.05) is 65.8 Å². The molecule has 0 aliphatic rings. The van der Waals surface area contributed by atoms with Gasteiger partial charge in [0.25, 0.3) is 5.91 Å². The van der Waals surface area contributed by atoms with E-state index in [2.05, 4.69) is 15.5 Å². The molecule has 7 heteroatoms. The number of amides is 1. The van der Waals surface area contributed by atoms with Gasteiger partial charge in [0, 0.05) is 18.5 Å². The summed E-state index contributed by atoms with van der Waals surface area (Å²) in [6, 6.07) is 18.9. The molecule has 0 saturated heterocycles. The number of esters is 1.